The van der Waals surface area contributed by atoms with Gasteiger partial charge < -0.3 is 5.32 Å². The van der Waals surface area contributed by atoms with Gasteiger partial charge in [-0.25, -0.2) is 0 Å². The van der Waals surface area contributed by atoms with E-state index in [-0.39, 0.29) is 0 Å². The average molecular weight is 331 g/mol. The highest BCUT2D eigenvalue weighted by molar-refractivity contribution is 9.10. The lowest BCUT2D eigenvalue weighted by molar-refractivity contribution is 0.698. The average Bonchev–Trinajstić information content (AvgIpc) is 2.70. The Morgan fingerprint density at radius 3 is 2.76 bits per heavy atom. The first-order chi connectivity index (χ1) is 8.16. The minimum atomic E-state index is 0.761. The van der Waals surface area contributed by atoms with Crippen LogP contribution in [0.15, 0.2) is 34.1 Å². The molecule has 0 saturated heterocycles. The SMILES string of the molecule is Cc1ccsc1CNCc1ccc(Br)c(Cl)c1. The number of thiophene rings is 1. The smallest absolute Gasteiger partial charge is 0.0551 e. The van der Waals surface area contributed by atoms with Crippen LogP contribution in [0.1, 0.15) is 16.0 Å². The molecule has 0 aliphatic heterocycles. The Labute approximate surface area is 119 Å². The second-order valence-electron chi connectivity index (χ2n) is 3.88. The van der Waals surface area contributed by atoms with Crippen molar-refractivity contribution in [2.45, 2.75) is 20.0 Å². The third-order valence-corrected chi connectivity index (χ3v) is 4.82. The number of aryl methyl sites for hydroxylation is 1. The van der Waals surface area contributed by atoms with Crippen molar-refractivity contribution in [3.63, 3.8) is 0 Å². The Hall–Kier alpha value is -0.350. The van der Waals surface area contributed by atoms with E-state index in [0.717, 1.165) is 22.6 Å². The molecule has 0 unspecified atom stereocenters. The van der Waals surface area contributed by atoms with E-state index in [9.17, 15) is 0 Å². The number of benzene rings is 1. The summed E-state index contributed by atoms with van der Waals surface area (Å²) >= 11 is 11.2. The van der Waals surface area contributed by atoms with Gasteiger partial charge in [-0.15, -0.1) is 11.3 Å². The third-order valence-electron chi connectivity index (χ3n) is 2.57. The van der Waals surface area contributed by atoms with E-state index in [2.05, 4.69) is 45.7 Å². The van der Waals surface area contributed by atoms with Gasteiger partial charge in [-0.3, -0.25) is 0 Å². The van der Waals surface area contributed by atoms with Crippen LogP contribution in [0, 0.1) is 6.92 Å². The van der Waals surface area contributed by atoms with Gasteiger partial charge in [-0.2, -0.15) is 0 Å². The van der Waals surface area contributed by atoms with Gasteiger partial charge in [-0.05, 0) is 57.6 Å². The van der Waals surface area contributed by atoms with E-state index >= 15 is 0 Å². The van der Waals surface area contributed by atoms with Crippen molar-refractivity contribution < 1.29 is 0 Å². The molecule has 1 N–H and O–H groups in total. The van der Waals surface area contributed by atoms with Gasteiger partial charge >= 0.3 is 0 Å². The van der Waals surface area contributed by atoms with Crippen molar-refractivity contribution in [2.24, 2.45) is 0 Å². The normalized spacial score (nSPS) is 10.8. The van der Waals surface area contributed by atoms with Crippen LogP contribution in [0.3, 0.4) is 0 Å². The predicted molar refractivity (Wildman–Crippen MR) is 78.8 cm³/mol. The lowest BCUT2D eigenvalue weighted by Gasteiger charge is -2.05. The molecule has 2 aromatic rings. The molecule has 1 heterocycles. The molecule has 17 heavy (non-hydrogen) atoms. The maximum atomic E-state index is 6.04. The monoisotopic (exact) mass is 329 g/mol. The van der Waals surface area contributed by atoms with Gasteiger partial charge in [0.25, 0.3) is 0 Å². The Morgan fingerprint density at radius 2 is 2.12 bits per heavy atom. The van der Waals surface area contributed by atoms with Crippen molar-refractivity contribution in [1.29, 1.82) is 0 Å². The summed E-state index contributed by atoms with van der Waals surface area (Å²) in [5.41, 5.74) is 2.56. The zero-order valence-corrected chi connectivity index (χ0v) is 12.6. The molecule has 0 bridgehead atoms. The maximum absolute atomic E-state index is 6.04. The summed E-state index contributed by atoms with van der Waals surface area (Å²) < 4.78 is 0.942. The van der Waals surface area contributed by atoms with Crippen LogP contribution in [0.25, 0.3) is 0 Å². The van der Waals surface area contributed by atoms with Crippen LogP contribution in [-0.2, 0) is 13.1 Å². The lowest BCUT2D eigenvalue weighted by atomic mass is 10.2. The summed E-state index contributed by atoms with van der Waals surface area (Å²) in [7, 11) is 0. The number of halogens is 2. The molecule has 0 amide bonds. The van der Waals surface area contributed by atoms with Gasteiger partial charge in [0.2, 0.25) is 0 Å². The fourth-order valence-corrected chi connectivity index (χ4v) is 2.88. The molecule has 1 aromatic carbocycles. The van der Waals surface area contributed by atoms with Crippen LogP contribution < -0.4 is 5.32 Å². The summed E-state index contributed by atoms with van der Waals surface area (Å²) in [4.78, 5) is 1.40. The third kappa shape index (κ3) is 3.55. The molecule has 4 heteroatoms. The predicted octanol–water partition coefficient (Wildman–Crippen LogP) is 4.76. The summed E-state index contributed by atoms with van der Waals surface area (Å²) in [5.74, 6) is 0. The molecule has 0 aliphatic carbocycles. The van der Waals surface area contributed by atoms with Gasteiger partial charge in [-0.1, -0.05) is 17.7 Å². The summed E-state index contributed by atoms with van der Waals surface area (Å²) in [6.45, 7) is 3.89. The van der Waals surface area contributed by atoms with Crippen molar-refractivity contribution in [1.82, 2.24) is 5.32 Å². The van der Waals surface area contributed by atoms with Crippen LogP contribution in [0.4, 0.5) is 0 Å². The maximum Gasteiger partial charge on any atom is 0.0551 e. The second-order valence-corrected chi connectivity index (χ2v) is 6.14. The van der Waals surface area contributed by atoms with Crippen LogP contribution >= 0.6 is 38.9 Å². The number of hydrogen-bond acceptors (Lipinski definition) is 2. The first-order valence-electron chi connectivity index (χ1n) is 5.34. The van der Waals surface area contributed by atoms with E-state index < -0.39 is 0 Å². The number of hydrogen-bond donors (Lipinski definition) is 1. The van der Waals surface area contributed by atoms with E-state index in [1.165, 1.54) is 16.0 Å². The van der Waals surface area contributed by atoms with Gasteiger partial charge in [0.15, 0.2) is 0 Å². The highest BCUT2D eigenvalue weighted by Gasteiger charge is 2.01. The molecule has 0 atom stereocenters. The van der Waals surface area contributed by atoms with E-state index in [0.29, 0.717) is 0 Å². The standard InChI is InChI=1S/C13H13BrClNS/c1-9-4-5-17-13(9)8-16-7-10-2-3-11(14)12(15)6-10/h2-6,16H,7-8H2,1H3. The zero-order valence-electron chi connectivity index (χ0n) is 9.47. The molecule has 1 nitrogen and oxygen atoms in total. The molecule has 0 radical (unpaired) electrons. The Bertz CT molecular complexity index is 510. The Kier molecular flexibility index (Phi) is 4.62. The van der Waals surface area contributed by atoms with Crippen molar-refractivity contribution in [3.05, 3.63) is 55.1 Å². The number of rotatable bonds is 4. The highest BCUT2D eigenvalue weighted by atomic mass is 79.9. The minimum Gasteiger partial charge on any atom is -0.308 e. The highest BCUT2D eigenvalue weighted by Crippen LogP contribution is 2.23. The van der Waals surface area contributed by atoms with Crippen LogP contribution in [-0.4, -0.2) is 0 Å². The Balaban J connectivity index is 1.90. The molecule has 0 fully saturated rings. The largest absolute Gasteiger partial charge is 0.308 e. The molecule has 0 spiro atoms. The van der Waals surface area contributed by atoms with Crippen LogP contribution in [0.5, 0.6) is 0 Å². The molecule has 90 valence electrons. The summed E-state index contributed by atoms with van der Waals surface area (Å²) in [5, 5.41) is 6.32. The van der Waals surface area contributed by atoms with E-state index in [1.54, 1.807) is 11.3 Å². The quantitative estimate of drug-likeness (QED) is 0.852. The summed E-state index contributed by atoms with van der Waals surface area (Å²) in [6, 6.07) is 8.19. The fraction of sp³-hybridized carbons (Fsp3) is 0.231. The van der Waals surface area contributed by atoms with Crippen molar-refractivity contribution in [2.75, 3.05) is 0 Å². The van der Waals surface area contributed by atoms with Gasteiger partial charge in [0.05, 0.1) is 5.02 Å². The van der Waals surface area contributed by atoms with E-state index in [4.69, 9.17) is 11.6 Å². The van der Waals surface area contributed by atoms with Gasteiger partial charge in [0.1, 0.15) is 0 Å². The first kappa shape index (κ1) is 13.1. The summed E-state index contributed by atoms with van der Waals surface area (Å²) in [6.07, 6.45) is 0. The first-order valence-corrected chi connectivity index (χ1v) is 7.39. The van der Waals surface area contributed by atoms with Gasteiger partial charge in [0, 0.05) is 22.4 Å². The molecular weight excluding hydrogens is 318 g/mol. The minimum absolute atomic E-state index is 0.761. The number of nitrogens with one attached hydrogen (secondary N) is 1. The molecule has 0 aliphatic rings. The molecule has 0 saturated carbocycles. The molecular formula is C13H13BrClNS. The molecule has 1 aromatic heterocycles. The topological polar surface area (TPSA) is 12.0 Å². The lowest BCUT2D eigenvalue weighted by Crippen LogP contribution is -2.12. The van der Waals surface area contributed by atoms with Crippen molar-refractivity contribution in [3.8, 4) is 0 Å². The van der Waals surface area contributed by atoms with Crippen LogP contribution in [0.2, 0.25) is 5.02 Å². The van der Waals surface area contributed by atoms with Crippen molar-refractivity contribution >= 4 is 38.9 Å². The van der Waals surface area contributed by atoms with E-state index in [1.807, 2.05) is 12.1 Å². The fourth-order valence-electron chi connectivity index (χ4n) is 1.56. The Morgan fingerprint density at radius 1 is 1.29 bits per heavy atom. The zero-order chi connectivity index (χ0) is 12.3. The second kappa shape index (κ2) is 6.01. The molecule has 2 rings (SSSR count).